The zero-order valence-electron chi connectivity index (χ0n) is 5.22. The monoisotopic (exact) mass is 112 g/mol. The van der Waals surface area contributed by atoms with Gasteiger partial charge >= 0.3 is 0 Å². The van der Waals surface area contributed by atoms with E-state index in [0.717, 1.165) is 12.3 Å². The first-order chi connectivity index (χ1) is 3.73. The van der Waals surface area contributed by atoms with Crippen molar-refractivity contribution in [1.82, 2.24) is 0 Å². The summed E-state index contributed by atoms with van der Waals surface area (Å²) in [6.45, 7) is 2.20. The van der Waals surface area contributed by atoms with Crippen LogP contribution in [0.3, 0.4) is 0 Å². The van der Waals surface area contributed by atoms with Gasteiger partial charge in [0, 0.05) is 0 Å². The Kier molecular flexibility index (Phi) is 0.663. The lowest BCUT2D eigenvalue weighted by Crippen LogP contribution is -2.13. The van der Waals surface area contributed by atoms with Crippen molar-refractivity contribution in [2.75, 3.05) is 0 Å². The van der Waals surface area contributed by atoms with Gasteiger partial charge in [0.2, 0.25) is 0 Å². The first-order valence-electron chi connectivity index (χ1n) is 3.41. The van der Waals surface area contributed by atoms with Crippen LogP contribution in [0.1, 0.15) is 26.2 Å². The van der Waals surface area contributed by atoms with Gasteiger partial charge in [-0.25, -0.2) is 0 Å². The van der Waals surface area contributed by atoms with Gasteiger partial charge in [-0.2, -0.15) is 0 Å². The molecule has 0 radical (unpaired) electrons. The maximum atomic E-state index is 9.30. The minimum absolute atomic E-state index is 0.0347. The molecular weight excluding hydrogens is 100 g/mol. The first kappa shape index (κ1) is 4.80. The van der Waals surface area contributed by atoms with Gasteiger partial charge in [-0.05, 0) is 30.6 Å². The molecule has 0 aromatic heterocycles. The fraction of sp³-hybridized carbons (Fsp3) is 1.00. The van der Waals surface area contributed by atoms with E-state index >= 15 is 0 Å². The predicted molar refractivity (Wildman–Crippen MR) is 31.5 cm³/mol. The highest BCUT2D eigenvalue weighted by molar-refractivity contribution is 5.08. The zero-order chi connectivity index (χ0) is 5.78. The molecule has 0 spiro atoms. The van der Waals surface area contributed by atoms with Crippen molar-refractivity contribution in [2.24, 2.45) is 11.3 Å². The number of hydrogen-bond acceptors (Lipinski definition) is 1. The topological polar surface area (TPSA) is 20.2 Å². The molecule has 2 aliphatic carbocycles. The second-order valence-corrected chi connectivity index (χ2v) is 3.50. The Labute approximate surface area is 49.7 Å². The lowest BCUT2D eigenvalue weighted by molar-refractivity contribution is 0.114. The molecule has 1 heteroatoms. The molecule has 2 saturated carbocycles. The van der Waals surface area contributed by atoms with Crippen molar-refractivity contribution >= 4 is 0 Å². The van der Waals surface area contributed by atoms with Crippen LogP contribution in [0.2, 0.25) is 0 Å². The molecular formula is C7H12O. The van der Waals surface area contributed by atoms with E-state index < -0.39 is 0 Å². The van der Waals surface area contributed by atoms with Crippen LogP contribution in [0.25, 0.3) is 0 Å². The Morgan fingerprint density at radius 3 is 2.38 bits per heavy atom. The van der Waals surface area contributed by atoms with E-state index in [0.29, 0.717) is 5.41 Å². The lowest BCUT2D eigenvalue weighted by Gasteiger charge is -2.09. The molecule has 0 aliphatic heterocycles. The van der Waals surface area contributed by atoms with Crippen molar-refractivity contribution in [3.05, 3.63) is 0 Å². The maximum Gasteiger partial charge on any atom is 0.0596 e. The molecule has 0 unspecified atom stereocenters. The van der Waals surface area contributed by atoms with Gasteiger partial charge in [0.05, 0.1) is 6.10 Å². The van der Waals surface area contributed by atoms with E-state index in [1.54, 1.807) is 0 Å². The van der Waals surface area contributed by atoms with Crippen LogP contribution in [0.15, 0.2) is 0 Å². The van der Waals surface area contributed by atoms with Crippen molar-refractivity contribution in [3.8, 4) is 0 Å². The molecule has 2 aliphatic rings. The summed E-state index contributed by atoms with van der Waals surface area (Å²) in [5, 5.41) is 9.30. The molecule has 0 saturated heterocycles. The van der Waals surface area contributed by atoms with Crippen LogP contribution in [-0.4, -0.2) is 11.2 Å². The average molecular weight is 112 g/mol. The van der Waals surface area contributed by atoms with Crippen LogP contribution in [0.4, 0.5) is 0 Å². The fourth-order valence-electron chi connectivity index (χ4n) is 2.00. The molecule has 1 nitrogen and oxygen atoms in total. The van der Waals surface area contributed by atoms with E-state index in [-0.39, 0.29) is 6.10 Å². The molecule has 1 N–H and O–H groups in total. The van der Waals surface area contributed by atoms with Gasteiger partial charge in [0.15, 0.2) is 0 Å². The van der Waals surface area contributed by atoms with Gasteiger partial charge in [-0.15, -0.1) is 0 Å². The third kappa shape index (κ3) is 0.368. The van der Waals surface area contributed by atoms with Crippen molar-refractivity contribution in [1.29, 1.82) is 0 Å². The van der Waals surface area contributed by atoms with Crippen LogP contribution in [0, 0.1) is 11.3 Å². The SMILES string of the molecule is C[C@@]12C[C@@H]1CC[C@H]2O. The molecule has 46 valence electrons. The second-order valence-electron chi connectivity index (χ2n) is 3.50. The molecule has 0 aromatic rings. The number of aliphatic hydroxyl groups excluding tert-OH is 1. The Morgan fingerprint density at radius 2 is 2.25 bits per heavy atom. The Hall–Kier alpha value is -0.0400. The van der Waals surface area contributed by atoms with Crippen molar-refractivity contribution in [2.45, 2.75) is 32.3 Å². The van der Waals surface area contributed by atoms with Crippen LogP contribution in [0.5, 0.6) is 0 Å². The predicted octanol–water partition coefficient (Wildman–Crippen LogP) is 1.17. The van der Waals surface area contributed by atoms with E-state index in [9.17, 15) is 5.11 Å². The lowest BCUT2D eigenvalue weighted by atomic mass is 10.0. The molecule has 0 amide bonds. The Balaban J connectivity index is 2.19. The Bertz CT molecular complexity index is 120. The highest BCUT2D eigenvalue weighted by atomic mass is 16.3. The normalized spacial score (nSPS) is 60.8. The maximum absolute atomic E-state index is 9.30. The third-order valence-corrected chi connectivity index (χ3v) is 3.01. The number of rotatable bonds is 0. The number of aliphatic hydroxyl groups is 1. The fourth-order valence-corrected chi connectivity index (χ4v) is 2.00. The quantitative estimate of drug-likeness (QED) is 0.498. The van der Waals surface area contributed by atoms with E-state index in [4.69, 9.17) is 0 Å². The molecule has 3 atom stereocenters. The van der Waals surface area contributed by atoms with E-state index in [1.807, 2.05) is 0 Å². The highest BCUT2D eigenvalue weighted by Crippen LogP contribution is 2.62. The van der Waals surface area contributed by atoms with Gasteiger partial charge in [0.1, 0.15) is 0 Å². The molecule has 0 bridgehead atoms. The molecule has 8 heavy (non-hydrogen) atoms. The average Bonchev–Trinajstić information content (AvgIpc) is 2.31. The standard InChI is InChI=1S/C7H12O/c1-7-4-5(7)2-3-6(7)8/h5-6,8H,2-4H2,1H3/t5-,6+,7+/m0/s1. The summed E-state index contributed by atoms with van der Waals surface area (Å²) < 4.78 is 0. The number of hydrogen-bond donors (Lipinski definition) is 1. The Morgan fingerprint density at radius 1 is 1.50 bits per heavy atom. The molecule has 0 aromatic carbocycles. The van der Waals surface area contributed by atoms with Crippen LogP contribution in [-0.2, 0) is 0 Å². The summed E-state index contributed by atoms with van der Waals surface area (Å²) in [4.78, 5) is 0. The molecule has 2 rings (SSSR count). The minimum Gasteiger partial charge on any atom is -0.393 e. The third-order valence-electron chi connectivity index (χ3n) is 3.01. The summed E-state index contributed by atoms with van der Waals surface area (Å²) in [7, 11) is 0. The van der Waals surface area contributed by atoms with Crippen LogP contribution < -0.4 is 0 Å². The smallest absolute Gasteiger partial charge is 0.0596 e. The summed E-state index contributed by atoms with van der Waals surface area (Å²) in [5.74, 6) is 0.887. The van der Waals surface area contributed by atoms with Gasteiger partial charge in [-0.3, -0.25) is 0 Å². The van der Waals surface area contributed by atoms with Gasteiger partial charge in [-0.1, -0.05) is 6.92 Å². The minimum atomic E-state index is 0.0347. The summed E-state index contributed by atoms with van der Waals surface area (Å²) >= 11 is 0. The largest absolute Gasteiger partial charge is 0.393 e. The highest BCUT2D eigenvalue weighted by Gasteiger charge is 2.58. The van der Waals surface area contributed by atoms with Gasteiger partial charge in [0.25, 0.3) is 0 Å². The van der Waals surface area contributed by atoms with Crippen molar-refractivity contribution in [3.63, 3.8) is 0 Å². The van der Waals surface area contributed by atoms with Crippen LogP contribution >= 0.6 is 0 Å². The zero-order valence-corrected chi connectivity index (χ0v) is 5.22. The van der Waals surface area contributed by atoms with Crippen molar-refractivity contribution < 1.29 is 5.11 Å². The first-order valence-corrected chi connectivity index (χ1v) is 3.41. The molecule has 2 fully saturated rings. The summed E-state index contributed by atoms with van der Waals surface area (Å²) in [5.41, 5.74) is 0.375. The second kappa shape index (κ2) is 1.10. The molecule has 0 heterocycles. The number of fused-ring (bicyclic) bond motifs is 1. The van der Waals surface area contributed by atoms with E-state index in [1.165, 1.54) is 12.8 Å². The van der Waals surface area contributed by atoms with Gasteiger partial charge < -0.3 is 5.11 Å². The summed E-state index contributed by atoms with van der Waals surface area (Å²) in [6.07, 6.45) is 3.65. The summed E-state index contributed by atoms with van der Waals surface area (Å²) in [6, 6.07) is 0. The van der Waals surface area contributed by atoms with E-state index in [2.05, 4.69) is 6.92 Å².